The van der Waals surface area contributed by atoms with Crippen LogP contribution >= 0.6 is 11.8 Å². The van der Waals surface area contributed by atoms with Crippen LogP contribution in [0.25, 0.3) is 0 Å². The van der Waals surface area contributed by atoms with E-state index in [1.165, 1.54) is 11.8 Å². The van der Waals surface area contributed by atoms with E-state index in [4.69, 9.17) is 4.74 Å². The fourth-order valence-corrected chi connectivity index (χ4v) is 3.27. The van der Waals surface area contributed by atoms with E-state index >= 15 is 0 Å². The lowest BCUT2D eigenvalue weighted by Crippen LogP contribution is -2.46. The molecule has 116 valence electrons. The van der Waals surface area contributed by atoms with Gasteiger partial charge >= 0.3 is 0 Å². The van der Waals surface area contributed by atoms with Crippen LogP contribution in [0.4, 0.5) is 0 Å². The average molecular weight is 318 g/mol. The number of rotatable bonds is 5. The summed E-state index contributed by atoms with van der Waals surface area (Å²) in [4.78, 5) is 14.3. The number of benzene rings is 1. The molecule has 0 N–H and O–H groups in total. The molecule has 1 amide bonds. The molecule has 1 aromatic carbocycles. The minimum Gasteiger partial charge on any atom is -0.497 e. The molecule has 22 heavy (non-hydrogen) atoms. The Bertz CT molecular complexity index is 673. The van der Waals surface area contributed by atoms with Gasteiger partial charge in [-0.15, -0.1) is 10.2 Å². The second-order valence-corrected chi connectivity index (χ2v) is 6.12. The molecule has 1 aromatic heterocycles. The number of hydrogen-bond donors (Lipinski definition) is 0. The van der Waals surface area contributed by atoms with Gasteiger partial charge in [-0.25, -0.2) is 0 Å². The Kier molecular flexibility index (Phi) is 4.33. The zero-order valence-electron chi connectivity index (χ0n) is 12.6. The Morgan fingerprint density at radius 2 is 2.36 bits per heavy atom. The third-order valence-corrected chi connectivity index (χ3v) is 4.83. The number of carbonyl (C=O) groups is 1. The highest BCUT2D eigenvalue weighted by Gasteiger charge is 2.33. The minimum atomic E-state index is 0.132. The SMILES string of the molecule is COc1cccc(C2CCN2C(=O)CSc2nncn2C)c1. The maximum Gasteiger partial charge on any atom is 0.233 e. The van der Waals surface area contributed by atoms with Gasteiger partial charge in [0.2, 0.25) is 5.91 Å². The summed E-state index contributed by atoms with van der Waals surface area (Å²) in [6, 6.07) is 8.08. The molecular weight excluding hydrogens is 300 g/mol. The van der Waals surface area contributed by atoms with Gasteiger partial charge in [0, 0.05) is 13.6 Å². The van der Waals surface area contributed by atoms with E-state index in [0.717, 1.165) is 29.4 Å². The summed E-state index contributed by atoms with van der Waals surface area (Å²) in [7, 11) is 3.52. The normalized spacial score (nSPS) is 17.2. The zero-order chi connectivity index (χ0) is 15.5. The molecule has 1 aliphatic heterocycles. The summed E-state index contributed by atoms with van der Waals surface area (Å²) in [6.45, 7) is 0.806. The molecule has 0 aliphatic carbocycles. The van der Waals surface area contributed by atoms with Crippen LogP contribution in [0.1, 0.15) is 18.0 Å². The molecule has 1 unspecified atom stereocenters. The Morgan fingerprint density at radius 3 is 3.00 bits per heavy atom. The number of nitrogens with zero attached hydrogens (tertiary/aromatic N) is 4. The lowest BCUT2D eigenvalue weighted by atomic mass is 9.94. The van der Waals surface area contributed by atoms with Gasteiger partial charge in [-0.2, -0.15) is 0 Å². The summed E-state index contributed by atoms with van der Waals surface area (Å²) < 4.78 is 7.07. The van der Waals surface area contributed by atoms with Crippen LogP contribution in [0.2, 0.25) is 0 Å². The van der Waals surface area contributed by atoms with Crippen molar-refractivity contribution < 1.29 is 9.53 Å². The first-order valence-corrected chi connectivity index (χ1v) is 8.08. The van der Waals surface area contributed by atoms with Gasteiger partial charge in [0.15, 0.2) is 5.16 Å². The van der Waals surface area contributed by atoms with Crippen LogP contribution in [0, 0.1) is 0 Å². The van der Waals surface area contributed by atoms with E-state index in [-0.39, 0.29) is 11.9 Å². The van der Waals surface area contributed by atoms with E-state index in [9.17, 15) is 4.79 Å². The maximum absolute atomic E-state index is 12.4. The summed E-state index contributed by atoms with van der Waals surface area (Å²) >= 11 is 1.42. The number of amides is 1. The number of hydrogen-bond acceptors (Lipinski definition) is 5. The van der Waals surface area contributed by atoms with Crippen LogP contribution in [-0.4, -0.2) is 45.0 Å². The quantitative estimate of drug-likeness (QED) is 0.788. The third kappa shape index (κ3) is 2.94. The molecule has 1 fully saturated rings. The van der Waals surface area contributed by atoms with Gasteiger partial charge in [0.1, 0.15) is 12.1 Å². The third-order valence-electron chi connectivity index (χ3n) is 3.81. The van der Waals surface area contributed by atoms with Crippen LogP contribution in [-0.2, 0) is 11.8 Å². The molecule has 0 saturated carbocycles. The Labute approximate surface area is 133 Å². The molecule has 0 bridgehead atoms. The lowest BCUT2D eigenvalue weighted by molar-refractivity contribution is -0.136. The Morgan fingerprint density at radius 1 is 1.50 bits per heavy atom. The zero-order valence-corrected chi connectivity index (χ0v) is 13.4. The summed E-state index contributed by atoms with van der Waals surface area (Å²) in [5.74, 6) is 1.34. The summed E-state index contributed by atoms with van der Waals surface area (Å²) in [5, 5.41) is 8.55. The number of ether oxygens (including phenoxy) is 1. The van der Waals surface area contributed by atoms with Crippen molar-refractivity contribution in [3.05, 3.63) is 36.2 Å². The van der Waals surface area contributed by atoms with Gasteiger partial charge in [0.25, 0.3) is 0 Å². The van der Waals surface area contributed by atoms with Crippen molar-refractivity contribution in [2.45, 2.75) is 17.6 Å². The van der Waals surface area contributed by atoms with Crippen molar-refractivity contribution in [2.75, 3.05) is 19.4 Å². The molecule has 3 rings (SSSR count). The highest BCUT2D eigenvalue weighted by Crippen LogP contribution is 2.35. The molecule has 0 radical (unpaired) electrons. The molecule has 7 heteroatoms. The second kappa shape index (κ2) is 6.39. The predicted molar refractivity (Wildman–Crippen MR) is 83.8 cm³/mol. The first-order valence-electron chi connectivity index (χ1n) is 7.09. The standard InChI is InChI=1S/C15H18N4O2S/c1-18-10-16-17-15(18)22-9-14(20)19-7-6-13(19)11-4-3-5-12(8-11)21-2/h3-5,8,10,13H,6-7,9H2,1-2H3. The fraction of sp³-hybridized carbons (Fsp3) is 0.400. The van der Waals surface area contributed by atoms with Crippen LogP contribution in [0.15, 0.2) is 35.7 Å². The topological polar surface area (TPSA) is 60.2 Å². The van der Waals surface area contributed by atoms with E-state index in [1.54, 1.807) is 13.4 Å². The molecule has 0 spiro atoms. The van der Waals surface area contributed by atoms with Gasteiger partial charge in [-0.05, 0) is 24.1 Å². The number of carbonyl (C=O) groups excluding carboxylic acids is 1. The molecule has 1 aliphatic rings. The van der Waals surface area contributed by atoms with Crippen LogP contribution < -0.4 is 4.74 Å². The number of methoxy groups -OCH3 is 1. The van der Waals surface area contributed by atoms with Crippen molar-refractivity contribution in [1.29, 1.82) is 0 Å². The lowest BCUT2D eigenvalue weighted by Gasteiger charge is -2.41. The van der Waals surface area contributed by atoms with Gasteiger partial charge in [0.05, 0.1) is 18.9 Å². The largest absolute Gasteiger partial charge is 0.497 e. The fourth-order valence-electron chi connectivity index (χ4n) is 2.49. The minimum absolute atomic E-state index is 0.132. The predicted octanol–water partition coefficient (Wildman–Crippen LogP) is 1.89. The molecule has 2 heterocycles. The molecule has 1 saturated heterocycles. The first-order chi connectivity index (χ1) is 10.7. The average Bonchev–Trinajstić information content (AvgIpc) is 2.89. The smallest absolute Gasteiger partial charge is 0.233 e. The molecular formula is C15H18N4O2S. The molecule has 2 aromatic rings. The summed E-state index contributed by atoms with van der Waals surface area (Å²) in [6.07, 6.45) is 2.63. The van der Waals surface area contributed by atoms with E-state index < -0.39 is 0 Å². The van der Waals surface area contributed by atoms with E-state index in [1.807, 2.05) is 40.8 Å². The van der Waals surface area contributed by atoms with Crippen molar-refractivity contribution >= 4 is 17.7 Å². The first kappa shape index (κ1) is 14.9. The highest BCUT2D eigenvalue weighted by molar-refractivity contribution is 7.99. The Balaban J connectivity index is 1.62. The monoisotopic (exact) mass is 318 g/mol. The number of thioether (sulfide) groups is 1. The van der Waals surface area contributed by atoms with Crippen molar-refractivity contribution in [3.63, 3.8) is 0 Å². The molecule has 1 atom stereocenters. The second-order valence-electron chi connectivity index (χ2n) is 5.18. The van der Waals surface area contributed by atoms with Crippen molar-refractivity contribution in [1.82, 2.24) is 19.7 Å². The van der Waals surface area contributed by atoms with Crippen molar-refractivity contribution in [3.8, 4) is 5.75 Å². The maximum atomic E-state index is 12.4. The highest BCUT2D eigenvalue weighted by atomic mass is 32.2. The number of aryl methyl sites for hydroxylation is 1. The Hall–Kier alpha value is -2.02. The van der Waals surface area contributed by atoms with Crippen LogP contribution in [0.3, 0.4) is 0 Å². The van der Waals surface area contributed by atoms with Gasteiger partial charge in [-0.1, -0.05) is 23.9 Å². The van der Waals surface area contributed by atoms with Gasteiger partial charge < -0.3 is 14.2 Å². The number of likely N-dealkylation sites (tertiary alicyclic amines) is 1. The van der Waals surface area contributed by atoms with Crippen molar-refractivity contribution in [2.24, 2.45) is 7.05 Å². The van der Waals surface area contributed by atoms with E-state index in [0.29, 0.717) is 5.75 Å². The van der Waals surface area contributed by atoms with Crippen LogP contribution in [0.5, 0.6) is 5.75 Å². The summed E-state index contributed by atoms with van der Waals surface area (Å²) in [5.41, 5.74) is 1.13. The molecule has 6 nitrogen and oxygen atoms in total. The van der Waals surface area contributed by atoms with Gasteiger partial charge in [-0.3, -0.25) is 4.79 Å². The number of aromatic nitrogens is 3. The van der Waals surface area contributed by atoms with E-state index in [2.05, 4.69) is 10.2 Å².